The van der Waals surface area contributed by atoms with Crippen molar-refractivity contribution in [1.29, 1.82) is 0 Å². The number of nitro benzene ring substituents is 1. The lowest BCUT2D eigenvalue weighted by molar-refractivity contribution is -0.384. The van der Waals surface area contributed by atoms with Gasteiger partial charge in [0.1, 0.15) is 0 Å². The lowest BCUT2D eigenvalue weighted by Crippen LogP contribution is -1.98. The Balaban J connectivity index is 2.04. The van der Waals surface area contributed by atoms with Crippen molar-refractivity contribution in [1.82, 2.24) is 9.97 Å². The van der Waals surface area contributed by atoms with Gasteiger partial charge >= 0.3 is 0 Å². The maximum absolute atomic E-state index is 10.7. The topological polar surface area (TPSA) is 94.9 Å². The molecule has 0 amide bonds. The summed E-state index contributed by atoms with van der Waals surface area (Å²) in [5.41, 5.74) is 7.93. The van der Waals surface area contributed by atoms with Gasteiger partial charge in [-0.15, -0.1) is 11.3 Å². The molecule has 0 saturated heterocycles. The molecule has 3 rings (SSSR count). The van der Waals surface area contributed by atoms with Gasteiger partial charge in [-0.1, -0.05) is 6.07 Å². The van der Waals surface area contributed by atoms with Gasteiger partial charge in [-0.2, -0.15) is 0 Å². The summed E-state index contributed by atoms with van der Waals surface area (Å²) in [4.78, 5) is 19.6. The monoisotopic (exact) mass is 298 g/mol. The third-order valence-electron chi connectivity index (χ3n) is 2.89. The smallest absolute Gasteiger partial charge is 0.269 e. The van der Waals surface area contributed by atoms with Gasteiger partial charge in [-0.25, -0.2) is 9.97 Å². The predicted molar refractivity (Wildman–Crippen MR) is 81.8 cm³/mol. The van der Waals surface area contributed by atoms with E-state index in [0.29, 0.717) is 5.69 Å². The van der Waals surface area contributed by atoms with Gasteiger partial charge in [0.25, 0.3) is 5.69 Å². The molecule has 1 aromatic carbocycles. The van der Waals surface area contributed by atoms with Crippen LogP contribution in [0.25, 0.3) is 21.8 Å². The van der Waals surface area contributed by atoms with Crippen LogP contribution in [-0.2, 0) is 0 Å². The summed E-state index contributed by atoms with van der Waals surface area (Å²) in [7, 11) is 0. The van der Waals surface area contributed by atoms with E-state index < -0.39 is 4.92 Å². The van der Waals surface area contributed by atoms with Gasteiger partial charge < -0.3 is 5.73 Å². The number of hydrogen-bond donors (Lipinski definition) is 1. The van der Waals surface area contributed by atoms with Crippen molar-refractivity contribution in [2.24, 2.45) is 0 Å². The van der Waals surface area contributed by atoms with Crippen LogP contribution in [0.4, 0.5) is 11.6 Å². The van der Waals surface area contributed by atoms with Gasteiger partial charge in [0, 0.05) is 17.7 Å². The van der Waals surface area contributed by atoms with Crippen molar-refractivity contribution < 1.29 is 4.92 Å². The Bertz CT molecular complexity index is 785. The van der Waals surface area contributed by atoms with Crippen molar-refractivity contribution in [3.63, 3.8) is 0 Å². The summed E-state index contributed by atoms with van der Waals surface area (Å²) in [5, 5.41) is 12.6. The highest BCUT2D eigenvalue weighted by Gasteiger charge is 2.10. The lowest BCUT2D eigenvalue weighted by atomic mass is 10.1. The molecule has 0 aliphatic heterocycles. The van der Waals surface area contributed by atoms with E-state index in [1.807, 2.05) is 23.6 Å². The first-order chi connectivity index (χ1) is 10.1. The van der Waals surface area contributed by atoms with Gasteiger partial charge in [-0.3, -0.25) is 10.1 Å². The molecule has 0 radical (unpaired) electrons. The predicted octanol–water partition coefficient (Wildman–Crippen LogP) is 3.36. The van der Waals surface area contributed by atoms with Crippen molar-refractivity contribution in [2.45, 2.75) is 0 Å². The van der Waals surface area contributed by atoms with E-state index in [0.717, 1.165) is 16.1 Å². The first-order valence-corrected chi connectivity index (χ1v) is 6.95. The highest BCUT2D eigenvalue weighted by atomic mass is 32.1. The van der Waals surface area contributed by atoms with Crippen LogP contribution in [0.1, 0.15) is 0 Å². The molecule has 104 valence electrons. The molecule has 0 bridgehead atoms. The van der Waals surface area contributed by atoms with Crippen molar-refractivity contribution in [3.8, 4) is 21.8 Å². The second kappa shape index (κ2) is 5.29. The maximum atomic E-state index is 10.7. The van der Waals surface area contributed by atoms with Crippen molar-refractivity contribution in [2.75, 3.05) is 5.73 Å². The fourth-order valence-corrected chi connectivity index (χ4v) is 2.60. The number of nitrogens with zero attached hydrogens (tertiary/aromatic N) is 3. The molecule has 2 heterocycles. The number of nitrogen functional groups attached to an aromatic ring is 1. The molecule has 3 aromatic rings. The van der Waals surface area contributed by atoms with Crippen LogP contribution in [0.15, 0.2) is 47.8 Å². The molecule has 0 unspecified atom stereocenters. The van der Waals surface area contributed by atoms with Gasteiger partial charge in [0.15, 0.2) is 0 Å². The largest absolute Gasteiger partial charge is 0.368 e. The molecule has 0 spiro atoms. The molecular formula is C14H10N4O2S. The van der Waals surface area contributed by atoms with Crippen LogP contribution in [0.3, 0.4) is 0 Å². The Morgan fingerprint density at radius 1 is 1.10 bits per heavy atom. The molecule has 6 nitrogen and oxygen atoms in total. The molecule has 0 aliphatic carbocycles. The average Bonchev–Trinajstić information content (AvgIpc) is 3.01. The Morgan fingerprint density at radius 2 is 1.81 bits per heavy atom. The van der Waals surface area contributed by atoms with E-state index in [1.54, 1.807) is 23.5 Å². The minimum Gasteiger partial charge on any atom is -0.368 e. The maximum Gasteiger partial charge on any atom is 0.269 e. The van der Waals surface area contributed by atoms with Gasteiger partial charge in [0.2, 0.25) is 5.95 Å². The number of benzene rings is 1. The molecule has 0 saturated carbocycles. The third kappa shape index (κ3) is 2.72. The number of non-ortho nitro benzene ring substituents is 1. The zero-order chi connectivity index (χ0) is 14.8. The van der Waals surface area contributed by atoms with Crippen LogP contribution >= 0.6 is 11.3 Å². The van der Waals surface area contributed by atoms with Crippen LogP contribution < -0.4 is 5.73 Å². The quantitative estimate of drug-likeness (QED) is 0.591. The zero-order valence-corrected chi connectivity index (χ0v) is 11.6. The molecular weight excluding hydrogens is 288 g/mol. The summed E-state index contributed by atoms with van der Waals surface area (Å²) in [5.74, 6) is 0.175. The van der Waals surface area contributed by atoms with Gasteiger partial charge in [0.05, 0.1) is 21.2 Å². The zero-order valence-electron chi connectivity index (χ0n) is 10.8. The summed E-state index contributed by atoms with van der Waals surface area (Å²) in [6.07, 6.45) is 0. The molecule has 21 heavy (non-hydrogen) atoms. The van der Waals surface area contributed by atoms with Gasteiger partial charge in [-0.05, 0) is 29.6 Å². The SMILES string of the molecule is Nc1nc(-c2ccc([N+](=O)[O-])cc2)cc(-c2cccs2)n1. The summed E-state index contributed by atoms with van der Waals surface area (Å²) in [6.45, 7) is 0. The Morgan fingerprint density at radius 3 is 2.43 bits per heavy atom. The summed E-state index contributed by atoms with van der Waals surface area (Å²) >= 11 is 1.56. The fraction of sp³-hybridized carbons (Fsp3) is 0. The first-order valence-electron chi connectivity index (χ1n) is 6.07. The van der Waals surface area contributed by atoms with E-state index in [-0.39, 0.29) is 11.6 Å². The minimum absolute atomic E-state index is 0.0410. The molecule has 2 N–H and O–H groups in total. The normalized spacial score (nSPS) is 10.5. The number of anilines is 1. The number of nitrogens with two attached hydrogens (primary N) is 1. The summed E-state index contributed by atoms with van der Waals surface area (Å²) < 4.78 is 0. The molecule has 0 aliphatic rings. The van der Waals surface area contributed by atoms with E-state index in [2.05, 4.69) is 9.97 Å². The fourth-order valence-electron chi connectivity index (χ4n) is 1.92. The van der Waals surface area contributed by atoms with E-state index in [4.69, 9.17) is 5.73 Å². The van der Waals surface area contributed by atoms with Crippen molar-refractivity contribution in [3.05, 3.63) is 58.0 Å². The minimum atomic E-state index is -0.435. The number of aromatic nitrogens is 2. The number of hydrogen-bond acceptors (Lipinski definition) is 6. The Labute approximate surface area is 124 Å². The summed E-state index contributed by atoms with van der Waals surface area (Å²) in [6, 6.07) is 11.9. The first kappa shape index (κ1) is 13.2. The van der Waals surface area contributed by atoms with Crippen LogP contribution in [-0.4, -0.2) is 14.9 Å². The second-order valence-corrected chi connectivity index (χ2v) is 5.23. The van der Waals surface area contributed by atoms with Crippen LogP contribution in [0.5, 0.6) is 0 Å². The van der Waals surface area contributed by atoms with Crippen LogP contribution in [0.2, 0.25) is 0 Å². The van der Waals surface area contributed by atoms with E-state index >= 15 is 0 Å². The number of rotatable bonds is 3. The third-order valence-corrected chi connectivity index (χ3v) is 3.78. The second-order valence-electron chi connectivity index (χ2n) is 4.28. The molecule has 7 heteroatoms. The standard InChI is InChI=1S/C14H10N4O2S/c15-14-16-11(8-12(17-14)13-2-1-7-21-13)9-3-5-10(6-4-9)18(19)20/h1-8H,(H2,15,16,17). The van der Waals surface area contributed by atoms with Crippen molar-refractivity contribution >= 4 is 23.0 Å². The lowest BCUT2D eigenvalue weighted by Gasteiger charge is -2.04. The van der Waals surface area contributed by atoms with E-state index in [1.165, 1.54) is 12.1 Å². The Kier molecular flexibility index (Phi) is 3.33. The molecule has 2 aromatic heterocycles. The van der Waals surface area contributed by atoms with Crippen LogP contribution in [0, 0.1) is 10.1 Å². The molecule has 0 atom stereocenters. The number of nitro groups is 1. The highest BCUT2D eigenvalue weighted by molar-refractivity contribution is 7.13. The molecule has 0 fully saturated rings. The average molecular weight is 298 g/mol. The number of thiophene rings is 1. The highest BCUT2D eigenvalue weighted by Crippen LogP contribution is 2.28. The Hall–Kier alpha value is -2.80. The van der Waals surface area contributed by atoms with E-state index in [9.17, 15) is 10.1 Å².